The summed E-state index contributed by atoms with van der Waals surface area (Å²) in [5.41, 5.74) is 1.47. The van der Waals surface area contributed by atoms with Crippen LogP contribution in [0, 0.1) is 12.8 Å². The molecule has 2 aliphatic heterocycles. The molecule has 3 aromatic rings. The summed E-state index contributed by atoms with van der Waals surface area (Å²) in [6, 6.07) is 15.4. The zero-order valence-electron chi connectivity index (χ0n) is 20.7. The van der Waals surface area contributed by atoms with E-state index in [1.54, 1.807) is 50.2 Å². The van der Waals surface area contributed by atoms with Gasteiger partial charge in [-0.05, 0) is 43.2 Å². The predicted molar refractivity (Wildman–Crippen MR) is 140 cm³/mol. The molecule has 0 saturated carbocycles. The molecule has 3 atom stereocenters. The second-order valence-electron chi connectivity index (χ2n) is 8.64. The molecule has 2 amide bonds. The Morgan fingerprint density at radius 1 is 1.03 bits per heavy atom. The topological polar surface area (TPSA) is 102 Å². The lowest BCUT2D eigenvalue weighted by Crippen LogP contribution is -2.37. The molecule has 3 heterocycles. The molecule has 0 unspecified atom stereocenters. The third-order valence-corrected chi connectivity index (χ3v) is 8.13. The van der Waals surface area contributed by atoms with E-state index in [1.807, 2.05) is 18.2 Å². The van der Waals surface area contributed by atoms with Crippen molar-refractivity contribution in [3.63, 3.8) is 0 Å². The number of hydrogen-bond donors (Lipinski definition) is 0. The lowest BCUT2D eigenvalue weighted by atomic mass is 9.90. The number of para-hydroxylation sites is 1. The Hall–Kier alpha value is -3.73. The Bertz CT molecular complexity index is 1440. The van der Waals surface area contributed by atoms with E-state index < -0.39 is 41.8 Å². The number of ether oxygens (including phenoxy) is 2. The van der Waals surface area contributed by atoms with Gasteiger partial charge < -0.3 is 9.47 Å². The first-order valence-electron chi connectivity index (χ1n) is 11.8. The summed E-state index contributed by atoms with van der Waals surface area (Å²) in [5.74, 6) is -3.65. The van der Waals surface area contributed by atoms with Crippen molar-refractivity contribution in [2.75, 3.05) is 23.7 Å². The molecule has 0 N–H and O–H groups in total. The number of hydroxylamine groups is 1. The van der Waals surface area contributed by atoms with Crippen molar-refractivity contribution in [2.45, 2.75) is 26.0 Å². The van der Waals surface area contributed by atoms with Crippen LogP contribution >= 0.6 is 22.9 Å². The summed E-state index contributed by atoms with van der Waals surface area (Å²) in [6.45, 7) is 3.32. The van der Waals surface area contributed by atoms with Gasteiger partial charge in [0, 0.05) is 5.02 Å². The quantitative estimate of drug-likeness (QED) is 0.318. The Morgan fingerprint density at radius 2 is 1.71 bits per heavy atom. The van der Waals surface area contributed by atoms with Crippen molar-refractivity contribution in [3.8, 4) is 0 Å². The van der Waals surface area contributed by atoms with Gasteiger partial charge in [-0.1, -0.05) is 48.0 Å². The van der Waals surface area contributed by atoms with E-state index in [0.717, 1.165) is 16.2 Å². The van der Waals surface area contributed by atoms with Gasteiger partial charge in [0.15, 0.2) is 6.10 Å². The molecule has 2 saturated heterocycles. The number of halogens is 1. The van der Waals surface area contributed by atoms with Gasteiger partial charge in [-0.2, -0.15) is 0 Å². The van der Waals surface area contributed by atoms with Gasteiger partial charge in [0.2, 0.25) is 5.91 Å². The van der Waals surface area contributed by atoms with Gasteiger partial charge in [0.05, 0.1) is 31.0 Å². The summed E-state index contributed by atoms with van der Waals surface area (Å²) < 4.78 is 10.0. The van der Waals surface area contributed by atoms with Crippen LogP contribution in [0.3, 0.4) is 0 Å². The minimum absolute atomic E-state index is 0.00503. The zero-order valence-corrected chi connectivity index (χ0v) is 22.2. The maximum absolute atomic E-state index is 14.0. The predicted octanol–water partition coefficient (Wildman–Crippen LogP) is 4.72. The minimum atomic E-state index is -1.18. The van der Waals surface area contributed by atoms with Crippen molar-refractivity contribution in [1.82, 2.24) is 0 Å². The highest BCUT2D eigenvalue weighted by Crippen LogP contribution is 2.50. The van der Waals surface area contributed by atoms with E-state index in [9.17, 15) is 19.2 Å². The van der Waals surface area contributed by atoms with Crippen LogP contribution in [0.15, 0.2) is 54.6 Å². The monoisotopic (exact) mass is 554 g/mol. The summed E-state index contributed by atoms with van der Waals surface area (Å²) >= 11 is 7.39. The molecule has 1 aromatic heterocycles. The summed E-state index contributed by atoms with van der Waals surface area (Å²) in [6.07, 6.45) is -1.18. The number of benzene rings is 2. The number of amides is 2. The number of nitrogens with zero attached hydrogens (tertiary/aromatic N) is 2. The van der Waals surface area contributed by atoms with Crippen LogP contribution in [-0.2, 0) is 23.9 Å². The molecule has 9 nitrogen and oxygen atoms in total. The van der Waals surface area contributed by atoms with Crippen LogP contribution in [-0.4, -0.2) is 43.6 Å². The maximum Gasteiger partial charge on any atom is 0.348 e. The minimum Gasteiger partial charge on any atom is -0.465 e. The fraction of sp³-hybridized carbons (Fsp3) is 0.259. The first kappa shape index (κ1) is 25.9. The lowest BCUT2D eigenvalue weighted by molar-refractivity contribution is -0.126. The molecule has 2 fully saturated rings. The number of imide groups is 1. The molecule has 0 spiro atoms. The first-order chi connectivity index (χ1) is 18.3. The number of fused-ring (bicyclic) bond motifs is 1. The number of hydrogen-bond acceptors (Lipinski definition) is 9. The highest BCUT2D eigenvalue weighted by Gasteiger charge is 2.61. The van der Waals surface area contributed by atoms with E-state index >= 15 is 0 Å². The molecule has 2 aliphatic rings. The summed E-state index contributed by atoms with van der Waals surface area (Å²) in [7, 11) is 1.18. The summed E-state index contributed by atoms with van der Waals surface area (Å²) in [4.78, 5) is 60.3. The SMILES string of the molecule is CCOC(=O)c1sc(N2C(=O)[C@H]3[C@H](ON(c4ccccc4)[C@H]3c3ccccc3Cl)C2=O)c(C(=O)OC)c1C. The number of methoxy groups -OCH3 is 1. The largest absolute Gasteiger partial charge is 0.465 e. The molecule has 11 heteroatoms. The molecule has 0 radical (unpaired) electrons. The van der Waals surface area contributed by atoms with Crippen molar-refractivity contribution in [3.05, 3.63) is 81.2 Å². The third-order valence-electron chi connectivity index (χ3n) is 6.53. The molecule has 0 aliphatic carbocycles. The maximum atomic E-state index is 14.0. The Balaban J connectivity index is 1.62. The Kier molecular flexibility index (Phi) is 6.95. The van der Waals surface area contributed by atoms with Gasteiger partial charge >= 0.3 is 11.9 Å². The lowest BCUT2D eigenvalue weighted by Gasteiger charge is -2.29. The second kappa shape index (κ2) is 10.2. The van der Waals surface area contributed by atoms with Crippen LogP contribution < -0.4 is 9.96 Å². The zero-order chi connectivity index (χ0) is 27.1. The Labute approximate surface area is 227 Å². The van der Waals surface area contributed by atoms with Gasteiger partial charge in [-0.15, -0.1) is 11.3 Å². The van der Waals surface area contributed by atoms with Gasteiger partial charge in [-0.3, -0.25) is 14.4 Å². The Morgan fingerprint density at radius 3 is 2.37 bits per heavy atom. The molecule has 196 valence electrons. The highest BCUT2D eigenvalue weighted by molar-refractivity contribution is 7.19. The van der Waals surface area contributed by atoms with Crippen LogP contribution in [0.25, 0.3) is 0 Å². The summed E-state index contributed by atoms with van der Waals surface area (Å²) in [5, 5.41) is 1.94. The number of thiophene rings is 1. The number of esters is 2. The standard InChI is InChI=1S/C27H23ClN2O7S/c1-4-36-27(34)22-14(2)18(26(33)35-3)25(38-22)29-23(31)19-20(16-12-8-9-13-17(16)28)30(37-21(19)24(29)32)15-10-6-5-7-11-15/h5-13,19-21H,4H2,1-3H3/t19-,20+,21+/m1/s1. The number of anilines is 2. The average Bonchev–Trinajstić information content (AvgIpc) is 3.54. The third kappa shape index (κ3) is 4.05. The van der Waals surface area contributed by atoms with Crippen molar-refractivity contribution in [1.29, 1.82) is 0 Å². The fourth-order valence-corrected chi connectivity index (χ4v) is 6.28. The number of carbonyl (C=O) groups is 4. The van der Waals surface area contributed by atoms with E-state index in [1.165, 1.54) is 12.2 Å². The van der Waals surface area contributed by atoms with E-state index in [0.29, 0.717) is 16.3 Å². The molecule has 0 bridgehead atoms. The van der Waals surface area contributed by atoms with Gasteiger partial charge in [0.25, 0.3) is 5.91 Å². The van der Waals surface area contributed by atoms with Crippen LogP contribution in [0.1, 0.15) is 44.1 Å². The molecular formula is C27H23ClN2O7S. The smallest absolute Gasteiger partial charge is 0.348 e. The van der Waals surface area contributed by atoms with Crippen LogP contribution in [0.4, 0.5) is 10.7 Å². The molecule has 5 rings (SSSR count). The molecule has 2 aromatic carbocycles. The van der Waals surface area contributed by atoms with Crippen LogP contribution in [0.5, 0.6) is 0 Å². The van der Waals surface area contributed by atoms with Crippen molar-refractivity contribution < 1.29 is 33.5 Å². The van der Waals surface area contributed by atoms with Gasteiger partial charge in [0.1, 0.15) is 15.8 Å². The number of rotatable bonds is 6. The van der Waals surface area contributed by atoms with Crippen molar-refractivity contribution in [2.24, 2.45) is 5.92 Å². The second-order valence-corrected chi connectivity index (χ2v) is 10.0. The average molecular weight is 555 g/mol. The molecule has 38 heavy (non-hydrogen) atoms. The van der Waals surface area contributed by atoms with E-state index in [2.05, 4.69) is 0 Å². The molecular weight excluding hydrogens is 532 g/mol. The highest BCUT2D eigenvalue weighted by atomic mass is 35.5. The van der Waals surface area contributed by atoms with Crippen LogP contribution in [0.2, 0.25) is 5.02 Å². The number of carbonyl (C=O) groups excluding carboxylic acids is 4. The van der Waals surface area contributed by atoms with Crippen molar-refractivity contribution >= 4 is 57.4 Å². The van der Waals surface area contributed by atoms with E-state index in [4.69, 9.17) is 25.9 Å². The van der Waals surface area contributed by atoms with Gasteiger partial charge in [-0.25, -0.2) is 19.6 Å². The first-order valence-corrected chi connectivity index (χ1v) is 13.0. The van der Waals surface area contributed by atoms with E-state index in [-0.39, 0.29) is 27.6 Å². The fourth-order valence-electron chi connectivity index (χ4n) is 4.83. The normalized spacial score (nSPS) is 20.6.